The van der Waals surface area contributed by atoms with E-state index in [9.17, 15) is 4.79 Å². The van der Waals surface area contributed by atoms with Gasteiger partial charge in [0.05, 0.1) is 0 Å². The predicted octanol–water partition coefficient (Wildman–Crippen LogP) is 3.35. The second-order valence-corrected chi connectivity index (χ2v) is 5.61. The van der Waals surface area contributed by atoms with E-state index in [1.54, 1.807) is 4.90 Å². The number of ether oxygens (including phenoxy) is 1. The average Bonchev–Trinajstić information content (AvgIpc) is 2.15. The zero-order valence-electron chi connectivity index (χ0n) is 11.1. The standard InChI is InChI=1S/C13H23NO2/c1-10(2)11-7-6-8-14(9-11)12(15)16-13(3,4)5/h6-9H2,1-5H3. The van der Waals surface area contributed by atoms with Gasteiger partial charge < -0.3 is 9.64 Å². The highest BCUT2D eigenvalue weighted by Gasteiger charge is 2.25. The lowest BCUT2D eigenvalue weighted by Gasteiger charge is -2.31. The molecule has 0 aromatic carbocycles. The molecule has 1 saturated heterocycles. The normalized spacial score (nSPS) is 17.3. The first-order valence-electron chi connectivity index (χ1n) is 5.93. The van der Waals surface area contributed by atoms with Gasteiger partial charge in [-0.2, -0.15) is 0 Å². The van der Waals surface area contributed by atoms with Crippen LogP contribution in [0, 0.1) is 0 Å². The van der Waals surface area contributed by atoms with Gasteiger partial charge in [0.25, 0.3) is 0 Å². The minimum absolute atomic E-state index is 0.189. The maximum Gasteiger partial charge on any atom is 0.410 e. The molecule has 0 aromatic rings. The molecule has 3 heteroatoms. The lowest BCUT2D eigenvalue weighted by atomic mass is 10.0. The van der Waals surface area contributed by atoms with E-state index in [1.165, 1.54) is 11.1 Å². The molecule has 1 heterocycles. The van der Waals surface area contributed by atoms with Crippen molar-refractivity contribution < 1.29 is 9.53 Å². The number of rotatable bonds is 0. The molecule has 1 rings (SSSR count). The Bertz CT molecular complexity index is 296. The third-order valence-electron chi connectivity index (χ3n) is 2.65. The van der Waals surface area contributed by atoms with Gasteiger partial charge in [0.1, 0.15) is 5.60 Å². The predicted molar refractivity (Wildman–Crippen MR) is 65.4 cm³/mol. The molecule has 0 saturated carbocycles. The van der Waals surface area contributed by atoms with Crippen molar-refractivity contribution >= 4 is 6.09 Å². The number of allylic oxidation sites excluding steroid dienone is 1. The van der Waals surface area contributed by atoms with Crippen LogP contribution < -0.4 is 0 Å². The number of piperidine rings is 1. The molecule has 0 aliphatic carbocycles. The summed E-state index contributed by atoms with van der Waals surface area (Å²) in [6, 6.07) is 0. The van der Waals surface area contributed by atoms with E-state index in [2.05, 4.69) is 13.8 Å². The van der Waals surface area contributed by atoms with E-state index >= 15 is 0 Å². The summed E-state index contributed by atoms with van der Waals surface area (Å²) in [5.74, 6) is 0. The van der Waals surface area contributed by atoms with Crippen molar-refractivity contribution in [2.24, 2.45) is 0 Å². The van der Waals surface area contributed by atoms with Crippen molar-refractivity contribution in [2.45, 2.75) is 53.1 Å². The van der Waals surface area contributed by atoms with E-state index in [4.69, 9.17) is 4.74 Å². The zero-order valence-corrected chi connectivity index (χ0v) is 11.1. The fraction of sp³-hybridized carbons (Fsp3) is 0.769. The van der Waals surface area contributed by atoms with Crippen LogP contribution in [0.2, 0.25) is 0 Å². The summed E-state index contributed by atoms with van der Waals surface area (Å²) < 4.78 is 5.37. The molecule has 0 bridgehead atoms. The molecule has 0 atom stereocenters. The van der Waals surface area contributed by atoms with Crippen LogP contribution >= 0.6 is 0 Å². The molecular weight excluding hydrogens is 202 g/mol. The highest BCUT2D eigenvalue weighted by Crippen LogP contribution is 2.20. The molecule has 0 radical (unpaired) electrons. The Labute approximate surface area is 98.5 Å². The molecule has 0 N–H and O–H groups in total. The summed E-state index contributed by atoms with van der Waals surface area (Å²) in [5, 5.41) is 0. The molecule has 0 aromatic heterocycles. The number of carbonyl (C=O) groups excluding carboxylic acids is 1. The lowest BCUT2D eigenvalue weighted by Crippen LogP contribution is -2.40. The number of nitrogens with zero attached hydrogens (tertiary/aromatic N) is 1. The van der Waals surface area contributed by atoms with Crippen LogP contribution in [-0.2, 0) is 4.74 Å². The number of hydrogen-bond acceptors (Lipinski definition) is 2. The summed E-state index contributed by atoms with van der Waals surface area (Å²) in [5.41, 5.74) is 2.30. The maximum atomic E-state index is 11.9. The fourth-order valence-corrected chi connectivity index (χ4v) is 1.76. The van der Waals surface area contributed by atoms with Crippen molar-refractivity contribution in [3.8, 4) is 0 Å². The lowest BCUT2D eigenvalue weighted by molar-refractivity contribution is 0.0246. The van der Waals surface area contributed by atoms with Crippen molar-refractivity contribution in [1.82, 2.24) is 4.90 Å². The van der Waals surface area contributed by atoms with Crippen molar-refractivity contribution in [3.63, 3.8) is 0 Å². The second-order valence-electron chi connectivity index (χ2n) is 5.61. The zero-order chi connectivity index (χ0) is 12.3. The van der Waals surface area contributed by atoms with E-state index in [0.717, 1.165) is 25.9 Å². The first kappa shape index (κ1) is 13.1. The molecule has 92 valence electrons. The largest absolute Gasteiger partial charge is 0.444 e. The van der Waals surface area contributed by atoms with Crippen molar-refractivity contribution in [2.75, 3.05) is 13.1 Å². The molecule has 1 fully saturated rings. The van der Waals surface area contributed by atoms with Gasteiger partial charge in [-0.15, -0.1) is 0 Å². The molecule has 1 aliphatic heterocycles. The van der Waals surface area contributed by atoms with Crippen LogP contribution in [0.5, 0.6) is 0 Å². The Balaban J connectivity index is 2.61. The molecular formula is C13H23NO2. The third kappa shape index (κ3) is 3.87. The van der Waals surface area contributed by atoms with Gasteiger partial charge in [-0.05, 0) is 47.5 Å². The van der Waals surface area contributed by atoms with Gasteiger partial charge >= 0.3 is 6.09 Å². The van der Waals surface area contributed by atoms with Gasteiger partial charge in [-0.3, -0.25) is 0 Å². The Kier molecular flexibility index (Phi) is 4.00. The summed E-state index contributed by atoms with van der Waals surface area (Å²) in [6.07, 6.45) is 1.97. The first-order valence-corrected chi connectivity index (χ1v) is 5.93. The topological polar surface area (TPSA) is 29.5 Å². The smallest absolute Gasteiger partial charge is 0.410 e. The quantitative estimate of drug-likeness (QED) is 0.592. The Morgan fingerprint density at radius 3 is 2.44 bits per heavy atom. The van der Waals surface area contributed by atoms with Crippen LogP contribution in [0.15, 0.2) is 11.1 Å². The highest BCUT2D eigenvalue weighted by molar-refractivity contribution is 5.68. The summed E-state index contributed by atoms with van der Waals surface area (Å²) in [6.45, 7) is 11.5. The summed E-state index contributed by atoms with van der Waals surface area (Å²) in [7, 11) is 0. The Morgan fingerprint density at radius 1 is 1.31 bits per heavy atom. The number of carbonyl (C=O) groups is 1. The van der Waals surface area contributed by atoms with Gasteiger partial charge in [-0.25, -0.2) is 4.79 Å². The van der Waals surface area contributed by atoms with E-state index < -0.39 is 5.60 Å². The van der Waals surface area contributed by atoms with Crippen molar-refractivity contribution in [1.29, 1.82) is 0 Å². The Morgan fingerprint density at radius 2 is 1.94 bits per heavy atom. The first-order chi connectivity index (χ1) is 7.29. The monoisotopic (exact) mass is 225 g/mol. The molecule has 3 nitrogen and oxygen atoms in total. The van der Waals surface area contributed by atoms with Gasteiger partial charge in [-0.1, -0.05) is 11.1 Å². The van der Waals surface area contributed by atoms with Gasteiger partial charge in [0.2, 0.25) is 0 Å². The molecule has 0 unspecified atom stereocenters. The molecule has 16 heavy (non-hydrogen) atoms. The van der Waals surface area contributed by atoms with Gasteiger partial charge in [0, 0.05) is 13.1 Å². The molecule has 1 aliphatic rings. The highest BCUT2D eigenvalue weighted by atomic mass is 16.6. The van der Waals surface area contributed by atoms with Crippen LogP contribution in [0.3, 0.4) is 0 Å². The molecule has 1 amide bonds. The SMILES string of the molecule is CC(C)=C1CCCN(C(=O)OC(C)(C)C)C1. The van der Waals surface area contributed by atoms with E-state index in [1.807, 2.05) is 20.8 Å². The average molecular weight is 225 g/mol. The minimum Gasteiger partial charge on any atom is -0.444 e. The van der Waals surface area contributed by atoms with E-state index in [0.29, 0.717) is 0 Å². The van der Waals surface area contributed by atoms with Crippen LogP contribution in [0.25, 0.3) is 0 Å². The van der Waals surface area contributed by atoms with Crippen LogP contribution in [0.1, 0.15) is 47.5 Å². The van der Waals surface area contributed by atoms with Crippen LogP contribution in [-0.4, -0.2) is 29.7 Å². The third-order valence-corrected chi connectivity index (χ3v) is 2.65. The van der Waals surface area contributed by atoms with E-state index in [-0.39, 0.29) is 6.09 Å². The van der Waals surface area contributed by atoms with Crippen molar-refractivity contribution in [3.05, 3.63) is 11.1 Å². The summed E-state index contributed by atoms with van der Waals surface area (Å²) >= 11 is 0. The Hall–Kier alpha value is -0.990. The fourth-order valence-electron chi connectivity index (χ4n) is 1.76. The number of likely N-dealkylation sites (tertiary alicyclic amines) is 1. The van der Waals surface area contributed by atoms with Gasteiger partial charge in [0.15, 0.2) is 0 Å². The number of amides is 1. The summed E-state index contributed by atoms with van der Waals surface area (Å²) in [4.78, 5) is 13.7. The number of hydrogen-bond donors (Lipinski definition) is 0. The second kappa shape index (κ2) is 4.89. The molecule has 0 spiro atoms. The van der Waals surface area contributed by atoms with Crippen LogP contribution in [0.4, 0.5) is 4.79 Å². The minimum atomic E-state index is -0.403. The maximum absolute atomic E-state index is 11.9.